The summed E-state index contributed by atoms with van der Waals surface area (Å²) < 4.78 is 0. The average Bonchev–Trinajstić information content (AvgIpc) is 2.73. The van der Waals surface area contributed by atoms with Gasteiger partial charge in [0.1, 0.15) is 0 Å². The van der Waals surface area contributed by atoms with Crippen molar-refractivity contribution in [2.45, 2.75) is 42.8 Å². The Balaban J connectivity index is 1.84. The molecule has 88 valence electrons. The Labute approximate surface area is 102 Å². The van der Waals surface area contributed by atoms with Crippen LogP contribution in [-0.4, -0.2) is 18.3 Å². The van der Waals surface area contributed by atoms with Gasteiger partial charge in [-0.3, -0.25) is 0 Å². The second-order valence-electron chi connectivity index (χ2n) is 4.43. The summed E-state index contributed by atoms with van der Waals surface area (Å²) >= 11 is 1.78. The Morgan fingerprint density at radius 3 is 2.62 bits per heavy atom. The minimum atomic E-state index is 0.352. The van der Waals surface area contributed by atoms with E-state index in [1.165, 1.54) is 29.7 Å². The molecule has 1 aromatic rings. The fraction of sp³-hybridized carbons (Fsp3) is 0.538. The zero-order chi connectivity index (χ0) is 11.4. The lowest BCUT2D eigenvalue weighted by Gasteiger charge is -2.17. The number of rotatable bonds is 4. The zero-order valence-electron chi connectivity index (χ0n) is 9.78. The van der Waals surface area contributed by atoms with Crippen molar-refractivity contribution < 1.29 is 0 Å². The van der Waals surface area contributed by atoms with Gasteiger partial charge in [0.05, 0.1) is 0 Å². The van der Waals surface area contributed by atoms with Crippen molar-refractivity contribution in [1.82, 2.24) is 5.32 Å². The van der Waals surface area contributed by atoms with Gasteiger partial charge in [0.2, 0.25) is 0 Å². The molecule has 0 saturated heterocycles. The van der Waals surface area contributed by atoms with Crippen LogP contribution in [0.25, 0.3) is 0 Å². The van der Waals surface area contributed by atoms with Crippen LogP contribution < -0.4 is 11.1 Å². The van der Waals surface area contributed by atoms with Gasteiger partial charge in [-0.15, -0.1) is 11.8 Å². The number of hydrogen-bond donors (Lipinski definition) is 2. The van der Waals surface area contributed by atoms with Gasteiger partial charge in [-0.05, 0) is 36.8 Å². The zero-order valence-corrected chi connectivity index (χ0v) is 10.6. The van der Waals surface area contributed by atoms with E-state index in [0.717, 1.165) is 6.54 Å². The first kappa shape index (κ1) is 12.0. The molecular weight excluding hydrogens is 216 g/mol. The lowest BCUT2D eigenvalue weighted by molar-refractivity contribution is 0.475. The van der Waals surface area contributed by atoms with E-state index in [1.807, 2.05) is 0 Å². The minimum Gasteiger partial charge on any atom is -0.326 e. The van der Waals surface area contributed by atoms with E-state index in [-0.39, 0.29) is 0 Å². The lowest BCUT2D eigenvalue weighted by atomic mass is 10.1. The smallest absolute Gasteiger partial charge is 0.0222 e. The van der Waals surface area contributed by atoms with E-state index in [9.17, 15) is 0 Å². The largest absolute Gasteiger partial charge is 0.326 e. The molecule has 0 aromatic heterocycles. The Morgan fingerprint density at radius 1 is 1.31 bits per heavy atom. The fourth-order valence-electron chi connectivity index (χ4n) is 2.23. The summed E-state index contributed by atoms with van der Waals surface area (Å²) in [6, 6.07) is 9.61. The first-order valence-corrected chi connectivity index (χ1v) is 7.14. The van der Waals surface area contributed by atoms with Gasteiger partial charge < -0.3 is 11.1 Å². The molecule has 0 amide bonds. The normalized spacial score (nSPS) is 24.9. The summed E-state index contributed by atoms with van der Waals surface area (Å²) in [5.41, 5.74) is 7.37. The molecule has 0 aliphatic heterocycles. The van der Waals surface area contributed by atoms with Crippen LogP contribution in [0, 0.1) is 0 Å². The van der Waals surface area contributed by atoms with E-state index in [1.54, 1.807) is 11.8 Å². The molecule has 1 aliphatic rings. The number of benzene rings is 1. The molecule has 2 rings (SSSR count). The molecule has 1 saturated carbocycles. The van der Waals surface area contributed by atoms with Gasteiger partial charge in [0.15, 0.2) is 0 Å². The van der Waals surface area contributed by atoms with E-state index in [2.05, 4.69) is 35.8 Å². The molecule has 1 fully saturated rings. The van der Waals surface area contributed by atoms with Crippen molar-refractivity contribution in [2.24, 2.45) is 5.73 Å². The molecule has 0 bridgehead atoms. The van der Waals surface area contributed by atoms with E-state index in [4.69, 9.17) is 5.73 Å². The van der Waals surface area contributed by atoms with Crippen molar-refractivity contribution in [1.29, 1.82) is 0 Å². The third-order valence-electron chi connectivity index (χ3n) is 3.30. The van der Waals surface area contributed by atoms with Crippen molar-refractivity contribution in [3.05, 3.63) is 29.8 Å². The predicted molar refractivity (Wildman–Crippen MR) is 70.7 cm³/mol. The molecule has 0 radical (unpaired) electrons. The van der Waals surface area contributed by atoms with Crippen LogP contribution in [0.4, 0.5) is 0 Å². The summed E-state index contributed by atoms with van der Waals surface area (Å²) in [7, 11) is 0. The van der Waals surface area contributed by atoms with Crippen LogP contribution in [-0.2, 0) is 6.54 Å². The topological polar surface area (TPSA) is 38.0 Å². The second-order valence-corrected chi connectivity index (χ2v) is 5.31. The Kier molecular flexibility index (Phi) is 4.27. The molecule has 3 N–H and O–H groups in total. The fourth-order valence-corrected chi connectivity index (χ4v) is 2.64. The van der Waals surface area contributed by atoms with Crippen LogP contribution in [0.3, 0.4) is 0 Å². The van der Waals surface area contributed by atoms with Crippen molar-refractivity contribution >= 4 is 11.8 Å². The molecule has 2 nitrogen and oxygen atoms in total. The molecule has 1 aromatic carbocycles. The number of hydrogen-bond acceptors (Lipinski definition) is 3. The molecule has 2 unspecified atom stereocenters. The lowest BCUT2D eigenvalue weighted by Crippen LogP contribution is -2.40. The van der Waals surface area contributed by atoms with Crippen LogP contribution in [0.2, 0.25) is 0 Å². The summed E-state index contributed by atoms with van der Waals surface area (Å²) in [6.07, 6.45) is 5.77. The number of nitrogens with two attached hydrogens (primary N) is 1. The van der Waals surface area contributed by atoms with Crippen molar-refractivity contribution in [3.8, 4) is 0 Å². The van der Waals surface area contributed by atoms with Crippen LogP contribution >= 0.6 is 11.8 Å². The van der Waals surface area contributed by atoms with Crippen molar-refractivity contribution in [2.75, 3.05) is 6.26 Å². The van der Waals surface area contributed by atoms with Gasteiger partial charge in [0.25, 0.3) is 0 Å². The highest BCUT2D eigenvalue weighted by molar-refractivity contribution is 7.98. The maximum absolute atomic E-state index is 6.02. The van der Waals surface area contributed by atoms with Gasteiger partial charge in [0, 0.05) is 23.5 Å². The maximum atomic E-state index is 6.02. The molecule has 1 aliphatic carbocycles. The number of nitrogens with one attached hydrogen (secondary N) is 1. The molecule has 0 heterocycles. The van der Waals surface area contributed by atoms with E-state index in [0.29, 0.717) is 12.1 Å². The van der Waals surface area contributed by atoms with Gasteiger partial charge in [-0.25, -0.2) is 0 Å². The second kappa shape index (κ2) is 5.71. The third kappa shape index (κ3) is 3.00. The SMILES string of the molecule is CSc1ccc(CNC2CCCC2N)cc1. The minimum absolute atomic E-state index is 0.352. The third-order valence-corrected chi connectivity index (χ3v) is 4.04. The Morgan fingerprint density at radius 2 is 2.06 bits per heavy atom. The first-order valence-electron chi connectivity index (χ1n) is 5.91. The molecular formula is C13H20N2S. The monoisotopic (exact) mass is 236 g/mol. The first-order chi connectivity index (χ1) is 7.79. The van der Waals surface area contributed by atoms with Gasteiger partial charge >= 0.3 is 0 Å². The van der Waals surface area contributed by atoms with Crippen LogP contribution in [0.5, 0.6) is 0 Å². The molecule has 2 atom stereocenters. The quantitative estimate of drug-likeness (QED) is 0.788. The number of thioether (sulfide) groups is 1. The molecule has 16 heavy (non-hydrogen) atoms. The molecule has 3 heteroatoms. The summed E-state index contributed by atoms with van der Waals surface area (Å²) in [4.78, 5) is 1.32. The highest BCUT2D eigenvalue weighted by Gasteiger charge is 2.22. The highest BCUT2D eigenvalue weighted by Crippen LogP contribution is 2.18. The van der Waals surface area contributed by atoms with Crippen molar-refractivity contribution in [3.63, 3.8) is 0 Å². The predicted octanol–water partition coefficient (Wildman–Crippen LogP) is 2.38. The summed E-state index contributed by atoms with van der Waals surface area (Å²) in [5, 5.41) is 3.55. The standard InChI is InChI=1S/C13H20N2S/c1-16-11-7-5-10(6-8-11)9-15-13-4-2-3-12(13)14/h5-8,12-13,15H,2-4,9,14H2,1H3. The Hall–Kier alpha value is -0.510. The van der Waals surface area contributed by atoms with Crippen LogP contribution in [0.1, 0.15) is 24.8 Å². The summed E-state index contributed by atoms with van der Waals surface area (Å²) in [6.45, 7) is 0.938. The summed E-state index contributed by atoms with van der Waals surface area (Å²) in [5.74, 6) is 0. The van der Waals surface area contributed by atoms with Gasteiger partial charge in [-0.2, -0.15) is 0 Å². The van der Waals surface area contributed by atoms with E-state index < -0.39 is 0 Å². The maximum Gasteiger partial charge on any atom is 0.0222 e. The molecule has 0 spiro atoms. The van der Waals surface area contributed by atoms with Crippen LogP contribution in [0.15, 0.2) is 29.2 Å². The Bertz CT molecular complexity index is 323. The highest BCUT2D eigenvalue weighted by atomic mass is 32.2. The van der Waals surface area contributed by atoms with E-state index >= 15 is 0 Å². The van der Waals surface area contributed by atoms with Gasteiger partial charge in [-0.1, -0.05) is 18.6 Å². The average molecular weight is 236 g/mol.